The van der Waals surface area contributed by atoms with Gasteiger partial charge in [0.1, 0.15) is 0 Å². The van der Waals surface area contributed by atoms with E-state index < -0.39 is 0 Å². The highest BCUT2D eigenvalue weighted by Crippen LogP contribution is 2.18. The number of aromatic nitrogens is 3. The number of nitrogens with one attached hydrogen (secondary N) is 2. The molecule has 0 saturated carbocycles. The highest BCUT2D eigenvalue weighted by molar-refractivity contribution is 7.17. The van der Waals surface area contributed by atoms with Gasteiger partial charge in [-0.25, -0.2) is 4.98 Å². The van der Waals surface area contributed by atoms with Crippen LogP contribution in [0.1, 0.15) is 15.5 Å². The van der Waals surface area contributed by atoms with Crippen molar-refractivity contribution in [3.05, 3.63) is 16.1 Å². The summed E-state index contributed by atoms with van der Waals surface area (Å²) < 4.78 is 0. The zero-order valence-electron chi connectivity index (χ0n) is 8.64. The predicted octanol–water partition coefficient (Wildman–Crippen LogP) is 1.60. The summed E-state index contributed by atoms with van der Waals surface area (Å²) >= 11 is 2.58. The van der Waals surface area contributed by atoms with Crippen LogP contribution in [0, 0.1) is 6.92 Å². The Morgan fingerprint density at radius 1 is 1.38 bits per heavy atom. The monoisotopic (exact) mass is 255 g/mol. The summed E-state index contributed by atoms with van der Waals surface area (Å²) in [5, 5.41) is 16.4. The maximum atomic E-state index is 11.7. The number of thiazole rings is 1. The van der Waals surface area contributed by atoms with Crippen molar-refractivity contribution in [3.8, 4) is 0 Å². The second kappa shape index (κ2) is 4.54. The molecule has 2 heterocycles. The van der Waals surface area contributed by atoms with Gasteiger partial charge in [-0.3, -0.25) is 10.1 Å². The Kier molecular flexibility index (Phi) is 3.11. The van der Waals surface area contributed by atoms with Crippen LogP contribution in [0.2, 0.25) is 0 Å². The number of carbonyl (C=O) groups is 1. The third kappa shape index (κ3) is 2.34. The number of rotatable bonds is 3. The molecule has 0 aromatic carbocycles. The Balaban J connectivity index is 2.08. The zero-order chi connectivity index (χ0) is 11.5. The molecule has 16 heavy (non-hydrogen) atoms. The van der Waals surface area contributed by atoms with E-state index in [-0.39, 0.29) is 5.91 Å². The van der Waals surface area contributed by atoms with Gasteiger partial charge in [-0.1, -0.05) is 11.3 Å². The van der Waals surface area contributed by atoms with Gasteiger partial charge in [0.25, 0.3) is 5.91 Å². The minimum absolute atomic E-state index is 0.284. The molecule has 0 bridgehead atoms. The van der Waals surface area contributed by atoms with Gasteiger partial charge >= 0.3 is 0 Å². The fourth-order valence-electron chi connectivity index (χ4n) is 0.978. The highest BCUT2D eigenvalue weighted by atomic mass is 32.1. The van der Waals surface area contributed by atoms with Crippen molar-refractivity contribution in [2.45, 2.75) is 6.92 Å². The molecule has 0 radical (unpaired) electrons. The first-order valence-corrected chi connectivity index (χ1v) is 6.13. The average molecular weight is 255 g/mol. The third-order valence-corrected chi connectivity index (χ3v) is 3.49. The van der Waals surface area contributed by atoms with Crippen molar-refractivity contribution in [1.82, 2.24) is 15.2 Å². The average Bonchev–Trinajstić information content (AvgIpc) is 2.87. The maximum Gasteiger partial charge on any atom is 0.288 e. The smallest absolute Gasteiger partial charge is 0.288 e. The molecule has 84 valence electrons. The summed E-state index contributed by atoms with van der Waals surface area (Å²) in [7, 11) is 1.73. The molecule has 2 aromatic rings. The number of hydrogen-bond acceptors (Lipinski definition) is 7. The molecule has 0 atom stereocenters. The standard InChI is InChI=1S/C8H9N5OS2/c1-4-3-15-8(10-4)11-5(14)6-12-13-7(9-2)16-6/h3H,1-2H3,(H,9,13)(H,10,11,14). The minimum Gasteiger partial charge on any atom is -0.363 e. The highest BCUT2D eigenvalue weighted by Gasteiger charge is 2.13. The van der Waals surface area contributed by atoms with Gasteiger partial charge < -0.3 is 5.32 Å². The van der Waals surface area contributed by atoms with E-state index in [1.807, 2.05) is 12.3 Å². The minimum atomic E-state index is -0.284. The number of nitrogens with zero attached hydrogens (tertiary/aromatic N) is 3. The third-order valence-electron chi connectivity index (χ3n) is 1.67. The Labute approximate surface area is 99.8 Å². The SMILES string of the molecule is CNc1nnc(C(=O)Nc2nc(C)cs2)s1. The van der Waals surface area contributed by atoms with E-state index >= 15 is 0 Å². The molecule has 0 fully saturated rings. The lowest BCUT2D eigenvalue weighted by atomic mass is 10.6. The lowest BCUT2D eigenvalue weighted by molar-refractivity contribution is 0.102. The molecule has 0 aliphatic carbocycles. The maximum absolute atomic E-state index is 11.7. The van der Waals surface area contributed by atoms with Crippen LogP contribution in [0.15, 0.2) is 5.38 Å². The first-order valence-electron chi connectivity index (χ1n) is 4.44. The molecule has 2 N–H and O–H groups in total. The molecule has 1 amide bonds. The fourth-order valence-corrected chi connectivity index (χ4v) is 2.25. The Bertz CT molecular complexity index is 506. The Morgan fingerprint density at radius 3 is 2.75 bits per heavy atom. The van der Waals surface area contributed by atoms with E-state index in [4.69, 9.17) is 0 Å². The summed E-state index contributed by atoms with van der Waals surface area (Å²) in [6.07, 6.45) is 0. The van der Waals surface area contributed by atoms with E-state index in [9.17, 15) is 4.79 Å². The summed E-state index contributed by atoms with van der Waals surface area (Å²) in [4.78, 5) is 15.8. The lowest BCUT2D eigenvalue weighted by Gasteiger charge is -1.95. The van der Waals surface area contributed by atoms with Crippen LogP contribution < -0.4 is 10.6 Å². The van der Waals surface area contributed by atoms with Crippen molar-refractivity contribution < 1.29 is 4.79 Å². The van der Waals surface area contributed by atoms with Gasteiger partial charge in [0.2, 0.25) is 10.1 Å². The summed E-state index contributed by atoms with van der Waals surface area (Å²) in [6, 6.07) is 0. The van der Waals surface area contributed by atoms with Crippen molar-refractivity contribution >= 4 is 38.8 Å². The molecule has 0 saturated heterocycles. The molecule has 0 aliphatic heterocycles. The normalized spacial score (nSPS) is 10.1. The van der Waals surface area contributed by atoms with Crippen molar-refractivity contribution in [1.29, 1.82) is 0 Å². The number of amides is 1. The van der Waals surface area contributed by atoms with E-state index in [0.29, 0.717) is 15.3 Å². The van der Waals surface area contributed by atoms with E-state index in [1.165, 1.54) is 22.7 Å². The van der Waals surface area contributed by atoms with Crippen LogP contribution in [0.25, 0.3) is 0 Å². The van der Waals surface area contributed by atoms with Crippen LogP contribution in [0.3, 0.4) is 0 Å². The fraction of sp³-hybridized carbons (Fsp3) is 0.250. The van der Waals surface area contributed by atoms with Crippen LogP contribution >= 0.6 is 22.7 Å². The number of aryl methyl sites for hydroxylation is 1. The summed E-state index contributed by atoms with van der Waals surface area (Å²) in [5.41, 5.74) is 0.883. The number of hydrogen-bond donors (Lipinski definition) is 2. The molecule has 6 nitrogen and oxygen atoms in total. The second-order valence-electron chi connectivity index (χ2n) is 2.91. The molecule has 2 aromatic heterocycles. The molecule has 2 rings (SSSR count). The molecule has 0 aliphatic rings. The van der Waals surface area contributed by atoms with Crippen LogP contribution in [0.5, 0.6) is 0 Å². The van der Waals surface area contributed by atoms with Gasteiger partial charge in [-0.2, -0.15) is 0 Å². The predicted molar refractivity (Wildman–Crippen MR) is 64.3 cm³/mol. The van der Waals surface area contributed by atoms with Crippen LogP contribution in [0.4, 0.5) is 10.3 Å². The molecule has 0 spiro atoms. The summed E-state index contributed by atoms with van der Waals surface area (Å²) in [6.45, 7) is 1.87. The first-order chi connectivity index (χ1) is 7.69. The van der Waals surface area contributed by atoms with Crippen molar-refractivity contribution in [2.75, 3.05) is 17.7 Å². The van der Waals surface area contributed by atoms with Crippen LogP contribution in [-0.4, -0.2) is 28.1 Å². The molecular formula is C8H9N5OS2. The topological polar surface area (TPSA) is 79.8 Å². The van der Waals surface area contributed by atoms with E-state index in [2.05, 4.69) is 25.8 Å². The summed E-state index contributed by atoms with van der Waals surface area (Å²) in [5.74, 6) is -0.284. The molecular weight excluding hydrogens is 246 g/mol. The van der Waals surface area contributed by atoms with Crippen LogP contribution in [-0.2, 0) is 0 Å². The van der Waals surface area contributed by atoms with Crippen molar-refractivity contribution in [3.63, 3.8) is 0 Å². The molecule has 0 unspecified atom stereocenters. The van der Waals surface area contributed by atoms with E-state index in [0.717, 1.165) is 5.69 Å². The Morgan fingerprint density at radius 2 is 2.19 bits per heavy atom. The Hall–Kier alpha value is -1.54. The lowest BCUT2D eigenvalue weighted by Crippen LogP contribution is -2.11. The van der Waals surface area contributed by atoms with E-state index in [1.54, 1.807) is 7.05 Å². The largest absolute Gasteiger partial charge is 0.363 e. The number of carbonyl (C=O) groups excluding carboxylic acids is 1. The zero-order valence-corrected chi connectivity index (χ0v) is 10.3. The van der Waals surface area contributed by atoms with Gasteiger partial charge in [0.05, 0.1) is 5.69 Å². The van der Waals surface area contributed by atoms with Gasteiger partial charge in [-0.15, -0.1) is 21.5 Å². The second-order valence-corrected chi connectivity index (χ2v) is 4.75. The molecule has 8 heteroatoms. The first kappa shape index (κ1) is 11.0. The quantitative estimate of drug-likeness (QED) is 0.870. The van der Waals surface area contributed by atoms with Gasteiger partial charge in [-0.05, 0) is 6.92 Å². The number of anilines is 2. The van der Waals surface area contributed by atoms with Crippen molar-refractivity contribution in [2.24, 2.45) is 0 Å². The van der Waals surface area contributed by atoms with Gasteiger partial charge in [0, 0.05) is 12.4 Å². The van der Waals surface area contributed by atoms with Gasteiger partial charge in [0.15, 0.2) is 5.13 Å².